The molecule has 0 unspecified atom stereocenters. The average molecular weight is 413 g/mol. The summed E-state index contributed by atoms with van der Waals surface area (Å²) in [5, 5.41) is 13.0. The van der Waals surface area contributed by atoms with Crippen molar-refractivity contribution in [1.82, 2.24) is 15.2 Å². The maximum Gasteiger partial charge on any atom is 0.416 e. The Morgan fingerprint density at radius 2 is 1.83 bits per heavy atom. The van der Waals surface area contributed by atoms with Crippen LogP contribution in [0.5, 0.6) is 0 Å². The first-order chi connectivity index (χ1) is 14.3. The molecule has 0 aliphatic rings. The van der Waals surface area contributed by atoms with Gasteiger partial charge in [-0.15, -0.1) is 0 Å². The number of hydrogen-bond acceptors (Lipinski definition) is 4. The van der Waals surface area contributed by atoms with Gasteiger partial charge in [0.25, 0.3) is 0 Å². The van der Waals surface area contributed by atoms with Crippen molar-refractivity contribution in [2.75, 3.05) is 10.6 Å². The van der Waals surface area contributed by atoms with Crippen LogP contribution >= 0.6 is 0 Å². The minimum absolute atomic E-state index is 0.121. The first-order valence-electron chi connectivity index (χ1n) is 8.78. The number of fused-ring (bicyclic) bond motifs is 1. The number of anilines is 2. The largest absolute Gasteiger partial charge is 0.416 e. The van der Waals surface area contributed by atoms with Crippen molar-refractivity contribution in [3.8, 4) is 11.1 Å². The first-order valence-corrected chi connectivity index (χ1v) is 8.78. The Labute approximate surface area is 168 Å². The number of rotatable bonds is 5. The topological polar surface area (TPSA) is 65.6 Å². The van der Waals surface area contributed by atoms with Gasteiger partial charge in [-0.05, 0) is 35.9 Å². The molecule has 2 aromatic heterocycles. The van der Waals surface area contributed by atoms with E-state index in [4.69, 9.17) is 0 Å². The van der Waals surface area contributed by atoms with E-state index in [1.54, 1.807) is 24.7 Å². The van der Waals surface area contributed by atoms with Crippen LogP contribution in [0.2, 0.25) is 0 Å². The van der Waals surface area contributed by atoms with Crippen LogP contribution in [0.25, 0.3) is 22.0 Å². The summed E-state index contributed by atoms with van der Waals surface area (Å²) in [6.45, 7) is 3.70. The summed E-state index contributed by atoms with van der Waals surface area (Å²) in [5.41, 5.74) is 1.56. The molecule has 0 aliphatic heterocycles. The van der Waals surface area contributed by atoms with Gasteiger partial charge in [-0.25, -0.2) is 4.39 Å². The van der Waals surface area contributed by atoms with Gasteiger partial charge in [0.05, 0.1) is 29.2 Å². The third kappa shape index (κ3) is 3.95. The number of alkyl halides is 3. The summed E-state index contributed by atoms with van der Waals surface area (Å²) in [6, 6.07) is 9.21. The standard InChI is InChI=1S/C21H15F4N5/c1-12(28-15-4-2-3-14(8-15)21(23,24)25)29-19-6-5-13(7-18(19)22)16-9-26-11-20-17(16)10-27-30-20/h2-11,28-29H,1H2,(H,27,30). The van der Waals surface area contributed by atoms with Gasteiger partial charge < -0.3 is 10.6 Å². The highest BCUT2D eigenvalue weighted by molar-refractivity contribution is 5.93. The summed E-state index contributed by atoms with van der Waals surface area (Å²) < 4.78 is 53.2. The van der Waals surface area contributed by atoms with Crippen molar-refractivity contribution >= 4 is 22.3 Å². The molecule has 9 heteroatoms. The van der Waals surface area contributed by atoms with Crippen molar-refractivity contribution in [1.29, 1.82) is 0 Å². The molecule has 0 radical (unpaired) electrons. The van der Waals surface area contributed by atoms with Gasteiger partial charge in [-0.3, -0.25) is 10.1 Å². The lowest BCUT2D eigenvalue weighted by molar-refractivity contribution is -0.137. The Hall–Kier alpha value is -3.88. The highest BCUT2D eigenvalue weighted by Gasteiger charge is 2.30. The number of nitrogens with one attached hydrogen (secondary N) is 3. The molecule has 0 saturated carbocycles. The number of halogens is 4. The van der Waals surface area contributed by atoms with Gasteiger partial charge in [0.15, 0.2) is 0 Å². The van der Waals surface area contributed by atoms with Crippen LogP contribution in [0.3, 0.4) is 0 Å². The number of hydrogen-bond donors (Lipinski definition) is 3. The lowest BCUT2D eigenvalue weighted by Gasteiger charge is -2.15. The molecule has 0 spiro atoms. The second-order valence-corrected chi connectivity index (χ2v) is 6.52. The van der Waals surface area contributed by atoms with Crippen LogP contribution in [0.1, 0.15) is 5.56 Å². The van der Waals surface area contributed by atoms with Gasteiger partial charge >= 0.3 is 6.18 Å². The Morgan fingerprint density at radius 3 is 2.60 bits per heavy atom. The number of nitrogens with zero attached hydrogens (tertiary/aromatic N) is 2. The van der Waals surface area contributed by atoms with Gasteiger partial charge in [0.2, 0.25) is 0 Å². The number of aromatic amines is 1. The summed E-state index contributed by atoms with van der Waals surface area (Å²) >= 11 is 0. The van der Waals surface area contributed by atoms with Crippen molar-refractivity contribution in [2.24, 2.45) is 0 Å². The van der Waals surface area contributed by atoms with Crippen molar-refractivity contribution in [3.63, 3.8) is 0 Å². The van der Waals surface area contributed by atoms with E-state index in [0.717, 1.165) is 23.0 Å². The molecule has 3 N–H and O–H groups in total. The minimum atomic E-state index is -4.46. The highest BCUT2D eigenvalue weighted by Crippen LogP contribution is 2.32. The molecule has 0 atom stereocenters. The number of benzene rings is 2. The van der Waals surface area contributed by atoms with E-state index < -0.39 is 17.6 Å². The molecule has 0 bridgehead atoms. The van der Waals surface area contributed by atoms with Gasteiger partial charge in [-0.1, -0.05) is 18.7 Å². The van der Waals surface area contributed by atoms with Crippen LogP contribution in [-0.4, -0.2) is 15.2 Å². The fourth-order valence-electron chi connectivity index (χ4n) is 3.02. The SMILES string of the molecule is C=C(Nc1cccc(C(F)(F)F)c1)Nc1ccc(-c2cncc3[nH]ncc23)cc1F. The zero-order valence-electron chi connectivity index (χ0n) is 15.4. The van der Waals surface area contributed by atoms with E-state index >= 15 is 0 Å². The quantitative estimate of drug-likeness (QED) is 0.363. The van der Waals surface area contributed by atoms with Crippen molar-refractivity contribution in [3.05, 3.63) is 84.8 Å². The molecule has 4 aromatic rings. The summed E-state index contributed by atoms with van der Waals surface area (Å²) in [7, 11) is 0. The lowest BCUT2D eigenvalue weighted by atomic mass is 10.0. The molecule has 0 fully saturated rings. The molecule has 5 nitrogen and oxygen atoms in total. The predicted molar refractivity (Wildman–Crippen MR) is 107 cm³/mol. The summed E-state index contributed by atoms with van der Waals surface area (Å²) in [4.78, 5) is 4.12. The van der Waals surface area contributed by atoms with Gasteiger partial charge in [0.1, 0.15) is 11.6 Å². The van der Waals surface area contributed by atoms with Crippen molar-refractivity contribution in [2.45, 2.75) is 6.18 Å². The smallest absolute Gasteiger partial charge is 0.342 e. The average Bonchev–Trinajstić information content (AvgIpc) is 3.18. The third-order valence-electron chi connectivity index (χ3n) is 4.42. The predicted octanol–water partition coefficient (Wildman–Crippen LogP) is 5.78. The van der Waals surface area contributed by atoms with E-state index in [0.29, 0.717) is 11.1 Å². The first kappa shape index (κ1) is 19.4. The fourth-order valence-corrected chi connectivity index (χ4v) is 3.02. The molecule has 152 valence electrons. The zero-order valence-corrected chi connectivity index (χ0v) is 15.4. The molecule has 30 heavy (non-hydrogen) atoms. The van der Waals surface area contributed by atoms with Crippen LogP contribution in [-0.2, 0) is 6.18 Å². The number of pyridine rings is 1. The van der Waals surface area contributed by atoms with E-state index in [1.165, 1.54) is 24.3 Å². The normalized spacial score (nSPS) is 11.5. The second kappa shape index (κ2) is 7.51. The molecule has 0 amide bonds. The molecular formula is C21H15F4N5. The fraction of sp³-hybridized carbons (Fsp3) is 0.0476. The molecular weight excluding hydrogens is 398 g/mol. The Bertz CT molecular complexity index is 1230. The number of H-pyrrole nitrogens is 1. The Morgan fingerprint density at radius 1 is 1.00 bits per heavy atom. The monoisotopic (exact) mass is 413 g/mol. The molecule has 4 rings (SSSR count). The third-order valence-corrected chi connectivity index (χ3v) is 4.42. The van der Waals surface area contributed by atoms with Crippen molar-refractivity contribution < 1.29 is 17.6 Å². The van der Waals surface area contributed by atoms with Crippen LogP contribution in [0, 0.1) is 5.82 Å². The second-order valence-electron chi connectivity index (χ2n) is 6.52. The van der Waals surface area contributed by atoms with E-state index in [2.05, 4.69) is 32.4 Å². The van der Waals surface area contributed by atoms with Gasteiger partial charge in [0, 0.05) is 22.8 Å². The highest BCUT2D eigenvalue weighted by atomic mass is 19.4. The van der Waals surface area contributed by atoms with Crippen LogP contribution in [0.4, 0.5) is 28.9 Å². The maximum atomic E-state index is 14.7. The van der Waals surface area contributed by atoms with Crippen LogP contribution < -0.4 is 10.6 Å². The summed E-state index contributed by atoms with van der Waals surface area (Å²) in [5.74, 6) is -0.431. The lowest BCUT2D eigenvalue weighted by Crippen LogP contribution is -2.11. The van der Waals surface area contributed by atoms with Crippen LogP contribution in [0.15, 0.2) is 73.5 Å². The van der Waals surface area contributed by atoms with Gasteiger partial charge in [-0.2, -0.15) is 18.3 Å². The molecule has 0 aliphatic carbocycles. The van der Waals surface area contributed by atoms with E-state index in [9.17, 15) is 17.6 Å². The zero-order chi connectivity index (χ0) is 21.3. The minimum Gasteiger partial charge on any atom is -0.342 e. The molecule has 0 saturated heterocycles. The molecule has 2 aromatic carbocycles. The Kier molecular flexibility index (Phi) is 4.86. The van der Waals surface area contributed by atoms with E-state index in [-0.39, 0.29) is 17.2 Å². The van der Waals surface area contributed by atoms with E-state index in [1.807, 2.05) is 0 Å². The summed E-state index contributed by atoms with van der Waals surface area (Å²) in [6.07, 6.45) is 0.424. The number of aromatic nitrogens is 3. The molecule has 2 heterocycles. The maximum absolute atomic E-state index is 14.7. The Balaban J connectivity index is 1.52.